The SMILES string of the molecule is C/C(=C\c1ccc(C(=O)Oc2ccc(C(=N)N)cc2)o1)C(=O)NCCC(=O)O.O=C(O)C(F)(F)F. The Balaban J connectivity index is 0.000000762. The molecule has 11 nitrogen and oxygen atoms in total. The van der Waals surface area contributed by atoms with E-state index in [2.05, 4.69) is 5.32 Å². The molecule has 0 aliphatic rings. The maximum absolute atomic E-state index is 12.1. The molecule has 0 atom stereocenters. The van der Waals surface area contributed by atoms with Crippen LogP contribution in [0.1, 0.15) is 35.2 Å². The molecule has 1 aromatic heterocycles. The highest BCUT2D eigenvalue weighted by molar-refractivity contribution is 5.97. The summed E-state index contributed by atoms with van der Waals surface area (Å²) in [7, 11) is 0. The van der Waals surface area contributed by atoms with Crippen LogP contribution in [0.2, 0.25) is 0 Å². The molecule has 14 heteroatoms. The number of esters is 1. The number of carboxylic acid groups (broad SMARTS) is 2. The number of nitrogens with two attached hydrogens (primary N) is 1. The van der Waals surface area contributed by atoms with Crippen LogP contribution in [0.15, 0.2) is 46.4 Å². The van der Waals surface area contributed by atoms with Gasteiger partial charge in [-0.25, -0.2) is 9.59 Å². The molecule has 0 fully saturated rings. The van der Waals surface area contributed by atoms with Crippen molar-refractivity contribution in [1.82, 2.24) is 5.32 Å². The molecule has 0 saturated carbocycles. The maximum Gasteiger partial charge on any atom is 0.490 e. The summed E-state index contributed by atoms with van der Waals surface area (Å²) in [5.74, 6) is -4.54. The van der Waals surface area contributed by atoms with Crippen LogP contribution in [-0.4, -0.2) is 52.6 Å². The number of nitrogen functional groups attached to an aromatic ring is 1. The van der Waals surface area contributed by atoms with Crippen LogP contribution in [0.4, 0.5) is 13.2 Å². The van der Waals surface area contributed by atoms with Crippen LogP contribution in [0.5, 0.6) is 5.75 Å². The zero-order valence-electron chi connectivity index (χ0n) is 18.0. The Bertz CT molecular complexity index is 1120. The predicted molar refractivity (Wildman–Crippen MR) is 114 cm³/mol. The number of carbonyl (C=O) groups excluding carboxylic acids is 2. The summed E-state index contributed by atoms with van der Waals surface area (Å²) in [4.78, 5) is 43.3. The van der Waals surface area contributed by atoms with Gasteiger partial charge in [-0.3, -0.25) is 15.0 Å². The number of rotatable bonds is 8. The van der Waals surface area contributed by atoms with E-state index in [1.165, 1.54) is 37.3 Å². The van der Waals surface area contributed by atoms with Crippen molar-refractivity contribution in [2.75, 3.05) is 6.54 Å². The molecule has 1 amide bonds. The summed E-state index contributed by atoms with van der Waals surface area (Å²) in [6.07, 6.45) is -3.84. The van der Waals surface area contributed by atoms with Gasteiger partial charge in [0, 0.05) is 17.7 Å². The van der Waals surface area contributed by atoms with E-state index in [0.29, 0.717) is 11.1 Å². The highest BCUT2D eigenvalue weighted by Crippen LogP contribution is 2.17. The number of halogens is 3. The Kier molecular flexibility index (Phi) is 10.2. The smallest absolute Gasteiger partial charge is 0.481 e. The average Bonchev–Trinajstić information content (AvgIpc) is 3.22. The third kappa shape index (κ3) is 10.2. The molecule has 2 aromatic rings. The van der Waals surface area contributed by atoms with Crippen LogP contribution in [0.25, 0.3) is 6.08 Å². The van der Waals surface area contributed by atoms with Crippen molar-refractivity contribution in [2.45, 2.75) is 19.5 Å². The molecule has 0 spiro atoms. The van der Waals surface area contributed by atoms with Gasteiger partial charge < -0.3 is 30.4 Å². The maximum atomic E-state index is 12.1. The Morgan fingerprint density at radius 2 is 1.69 bits per heavy atom. The number of alkyl halides is 3. The highest BCUT2D eigenvalue weighted by atomic mass is 19.4. The molecule has 0 bridgehead atoms. The number of furan rings is 1. The van der Waals surface area contributed by atoms with E-state index in [-0.39, 0.29) is 36.1 Å². The zero-order valence-corrected chi connectivity index (χ0v) is 18.0. The van der Waals surface area contributed by atoms with Gasteiger partial charge in [0.25, 0.3) is 0 Å². The number of carboxylic acids is 2. The third-order valence-corrected chi connectivity index (χ3v) is 3.79. The van der Waals surface area contributed by atoms with E-state index in [9.17, 15) is 27.6 Å². The molecule has 0 unspecified atom stereocenters. The van der Waals surface area contributed by atoms with E-state index < -0.39 is 30.0 Å². The lowest BCUT2D eigenvalue weighted by atomic mass is 10.2. The minimum Gasteiger partial charge on any atom is -0.481 e. The fourth-order valence-electron chi connectivity index (χ4n) is 2.10. The van der Waals surface area contributed by atoms with Crippen LogP contribution < -0.4 is 15.8 Å². The molecular formula is C21H20F3N3O8. The van der Waals surface area contributed by atoms with Gasteiger partial charge in [-0.2, -0.15) is 13.2 Å². The largest absolute Gasteiger partial charge is 0.490 e. The Morgan fingerprint density at radius 1 is 1.11 bits per heavy atom. The second-order valence-electron chi connectivity index (χ2n) is 6.56. The number of ether oxygens (including phenoxy) is 1. The summed E-state index contributed by atoms with van der Waals surface area (Å²) in [6, 6.07) is 9.02. The van der Waals surface area contributed by atoms with Crippen LogP contribution >= 0.6 is 0 Å². The number of nitrogens with one attached hydrogen (secondary N) is 2. The van der Waals surface area contributed by atoms with E-state index in [1.807, 2.05) is 0 Å². The fourth-order valence-corrected chi connectivity index (χ4v) is 2.10. The molecule has 0 aliphatic carbocycles. The first-order valence-corrected chi connectivity index (χ1v) is 9.45. The Hall–Kier alpha value is -4.62. The summed E-state index contributed by atoms with van der Waals surface area (Å²) in [5.41, 5.74) is 6.15. The molecule has 1 heterocycles. The van der Waals surface area contributed by atoms with Crippen LogP contribution in [0, 0.1) is 5.41 Å². The van der Waals surface area contributed by atoms with E-state index in [0.717, 1.165) is 0 Å². The number of amides is 1. The van der Waals surface area contributed by atoms with Gasteiger partial charge in [0.2, 0.25) is 11.7 Å². The first-order valence-electron chi connectivity index (χ1n) is 9.45. The lowest BCUT2D eigenvalue weighted by Crippen LogP contribution is -2.26. The van der Waals surface area contributed by atoms with Crippen molar-refractivity contribution >= 4 is 35.7 Å². The number of carbonyl (C=O) groups is 4. The normalized spacial score (nSPS) is 11.0. The number of benzene rings is 1. The van der Waals surface area contributed by atoms with Crippen molar-refractivity contribution < 1.29 is 51.7 Å². The molecule has 0 radical (unpaired) electrons. The summed E-state index contributed by atoms with van der Waals surface area (Å²) in [5, 5.41) is 25.5. The molecule has 6 N–H and O–H groups in total. The third-order valence-electron chi connectivity index (χ3n) is 3.79. The van der Waals surface area contributed by atoms with E-state index in [4.69, 9.17) is 35.3 Å². The zero-order chi connectivity index (χ0) is 26.8. The molecular weight excluding hydrogens is 479 g/mol. The number of hydrogen-bond donors (Lipinski definition) is 5. The van der Waals surface area contributed by atoms with Gasteiger partial charge in [-0.15, -0.1) is 0 Å². The average molecular weight is 499 g/mol. The first kappa shape index (κ1) is 28.4. The van der Waals surface area contributed by atoms with Crippen molar-refractivity contribution in [1.29, 1.82) is 5.41 Å². The van der Waals surface area contributed by atoms with Crippen molar-refractivity contribution in [2.24, 2.45) is 5.73 Å². The summed E-state index contributed by atoms with van der Waals surface area (Å²) >= 11 is 0. The standard InChI is InChI=1S/C19H19N3O6.C2HF3O2/c1-11(18(25)22-9-8-16(23)24)10-14-6-7-15(27-14)19(26)28-13-4-2-12(3-5-13)17(20)21;3-2(4,5)1(6)7/h2-7,10H,8-9H2,1H3,(H3,20,21)(H,22,25)(H,23,24);(H,6,7)/b11-10+;. The Labute approximate surface area is 195 Å². The molecule has 0 saturated heterocycles. The molecule has 1 aromatic carbocycles. The number of hydrogen-bond acceptors (Lipinski definition) is 7. The quantitative estimate of drug-likeness (QED) is 0.119. The monoisotopic (exact) mass is 499 g/mol. The first-order chi connectivity index (χ1) is 16.2. The number of amidine groups is 1. The fraction of sp³-hybridized carbons (Fsp3) is 0.190. The lowest BCUT2D eigenvalue weighted by Gasteiger charge is -2.04. The van der Waals surface area contributed by atoms with Crippen molar-refractivity contribution in [3.05, 3.63) is 59.1 Å². The van der Waals surface area contributed by atoms with E-state index >= 15 is 0 Å². The van der Waals surface area contributed by atoms with Gasteiger partial charge in [-0.1, -0.05) is 0 Å². The predicted octanol–water partition coefficient (Wildman–Crippen LogP) is 2.41. The highest BCUT2D eigenvalue weighted by Gasteiger charge is 2.38. The molecule has 0 aliphatic heterocycles. The van der Waals surface area contributed by atoms with E-state index in [1.54, 1.807) is 12.1 Å². The second-order valence-corrected chi connectivity index (χ2v) is 6.56. The number of aliphatic carboxylic acids is 2. The molecule has 2 rings (SSSR count). The minimum atomic E-state index is -5.08. The van der Waals surface area contributed by atoms with Crippen molar-refractivity contribution in [3.8, 4) is 5.75 Å². The van der Waals surface area contributed by atoms with Gasteiger partial charge in [-0.05, 0) is 49.4 Å². The van der Waals surface area contributed by atoms with Gasteiger partial charge >= 0.3 is 24.1 Å². The lowest BCUT2D eigenvalue weighted by molar-refractivity contribution is -0.192. The van der Waals surface area contributed by atoms with Crippen molar-refractivity contribution in [3.63, 3.8) is 0 Å². The second kappa shape index (κ2) is 12.6. The summed E-state index contributed by atoms with van der Waals surface area (Å²) in [6.45, 7) is 1.55. The molecule has 35 heavy (non-hydrogen) atoms. The van der Waals surface area contributed by atoms with Crippen LogP contribution in [0.3, 0.4) is 0 Å². The topological polar surface area (TPSA) is 193 Å². The minimum absolute atomic E-state index is 0.0114. The van der Waals surface area contributed by atoms with Gasteiger partial charge in [0.05, 0.1) is 6.42 Å². The van der Waals surface area contributed by atoms with Gasteiger partial charge in [0.1, 0.15) is 17.3 Å². The Morgan fingerprint density at radius 3 is 2.17 bits per heavy atom. The summed E-state index contributed by atoms with van der Waals surface area (Å²) < 4.78 is 42.3. The molecule has 188 valence electrons. The van der Waals surface area contributed by atoms with Crippen LogP contribution in [-0.2, 0) is 14.4 Å². The van der Waals surface area contributed by atoms with Gasteiger partial charge in [0.15, 0.2) is 0 Å².